The fourth-order valence-corrected chi connectivity index (χ4v) is 4.40. The molecule has 10 heteroatoms. The molecule has 2 aliphatic heterocycles. The van der Waals surface area contributed by atoms with E-state index in [2.05, 4.69) is 25.5 Å². The number of ether oxygens (including phenoxy) is 1. The molecule has 174 valence electrons. The number of piperazine rings is 1. The molecule has 5 rings (SSSR count). The highest BCUT2D eigenvalue weighted by Crippen LogP contribution is 2.33. The molecule has 2 aliphatic rings. The van der Waals surface area contributed by atoms with Crippen LogP contribution in [0.4, 0.5) is 14.5 Å². The summed E-state index contributed by atoms with van der Waals surface area (Å²) in [6.45, 7) is 3.35. The van der Waals surface area contributed by atoms with Crippen LogP contribution in [0.25, 0.3) is 22.3 Å². The van der Waals surface area contributed by atoms with Gasteiger partial charge in [-0.3, -0.25) is 9.36 Å². The topological polar surface area (TPSA) is 84.3 Å². The maximum Gasteiger partial charge on any atom is 0.320 e. The standard InChI is InChI=1S/C23H26F2N6O2/c1-14(16-10-20(32)27-12-16)33-22-21-19(28-13-31(21)23(24)25)11-18(29-22)15-2-4-17(5-3-15)30-8-6-26-7-9-30/h2-5,11,13-14,16,23,26H,6-10,12H2,1H3,(H,27,32)/t14-,16?/m1/s1. The van der Waals surface area contributed by atoms with Gasteiger partial charge in [0.25, 0.3) is 0 Å². The summed E-state index contributed by atoms with van der Waals surface area (Å²) >= 11 is 0. The summed E-state index contributed by atoms with van der Waals surface area (Å²) in [6, 6.07) is 9.74. The van der Waals surface area contributed by atoms with Gasteiger partial charge >= 0.3 is 6.55 Å². The lowest BCUT2D eigenvalue weighted by Crippen LogP contribution is -2.43. The van der Waals surface area contributed by atoms with Gasteiger partial charge in [-0.25, -0.2) is 9.97 Å². The lowest BCUT2D eigenvalue weighted by atomic mass is 10.0. The lowest BCUT2D eigenvalue weighted by molar-refractivity contribution is -0.119. The van der Waals surface area contributed by atoms with Crippen LogP contribution in [0, 0.1) is 5.92 Å². The lowest BCUT2D eigenvalue weighted by Gasteiger charge is -2.29. The fourth-order valence-electron chi connectivity index (χ4n) is 4.40. The number of imidazole rings is 1. The second-order valence-electron chi connectivity index (χ2n) is 8.49. The van der Waals surface area contributed by atoms with Crippen molar-refractivity contribution in [3.05, 3.63) is 36.7 Å². The molecule has 0 radical (unpaired) electrons. The van der Waals surface area contributed by atoms with Crippen molar-refractivity contribution in [3.8, 4) is 17.1 Å². The van der Waals surface area contributed by atoms with E-state index < -0.39 is 6.55 Å². The second-order valence-corrected chi connectivity index (χ2v) is 8.49. The molecule has 2 fully saturated rings. The van der Waals surface area contributed by atoms with E-state index in [1.165, 1.54) is 0 Å². The van der Waals surface area contributed by atoms with Gasteiger partial charge < -0.3 is 20.3 Å². The Balaban J connectivity index is 1.48. The molecule has 33 heavy (non-hydrogen) atoms. The smallest absolute Gasteiger partial charge is 0.320 e. The summed E-state index contributed by atoms with van der Waals surface area (Å²) in [6.07, 6.45) is 1.06. The summed E-state index contributed by atoms with van der Waals surface area (Å²) < 4.78 is 34.1. The van der Waals surface area contributed by atoms with Gasteiger partial charge in [0.05, 0.1) is 11.2 Å². The highest BCUT2D eigenvalue weighted by molar-refractivity contribution is 5.85. The van der Waals surface area contributed by atoms with Crippen LogP contribution in [-0.2, 0) is 4.79 Å². The third-order valence-electron chi connectivity index (χ3n) is 6.35. The van der Waals surface area contributed by atoms with Crippen LogP contribution in [0.5, 0.6) is 5.88 Å². The van der Waals surface area contributed by atoms with Crippen molar-refractivity contribution in [2.75, 3.05) is 37.6 Å². The summed E-state index contributed by atoms with van der Waals surface area (Å²) in [5.41, 5.74) is 3.10. The van der Waals surface area contributed by atoms with E-state index in [4.69, 9.17) is 4.74 Å². The Morgan fingerprint density at radius 2 is 1.94 bits per heavy atom. The van der Waals surface area contributed by atoms with Gasteiger partial charge in [-0.05, 0) is 25.1 Å². The molecule has 2 saturated heterocycles. The number of pyridine rings is 1. The number of hydrogen-bond acceptors (Lipinski definition) is 6. The Kier molecular flexibility index (Phi) is 5.84. The third-order valence-corrected chi connectivity index (χ3v) is 6.35. The molecule has 0 aliphatic carbocycles. The quantitative estimate of drug-likeness (QED) is 0.594. The zero-order valence-corrected chi connectivity index (χ0v) is 18.3. The first kappa shape index (κ1) is 21.6. The Bertz CT molecular complexity index is 1140. The first-order chi connectivity index (χ1) is 16.0. The van der Waals surface area contributed by atoms with Crippen molar-refractivity contribution in [3.63, 3.8) is 0 Å². The zero-order valence-electron chi connectivity index (χ0n) is 18.3. The minimum Gasteiger partial charge on any atom is -0.473 e. The Morgan fingerprint density at radius 3 is 2.61 bits per heavy atom. The monoisotopic (exact) mass is 456 g/mol. The minimum atomic E-state index is -2.77. The van der Waals surface area contributed by atoms with Crippen LogP contribution in [0.2, 0.25) is 0 Å². The summed E-state index contributed by atoms with van der Waals surface area (Å²) in [4.78, 5) is 22.7. The van der Waals surface area contributed by atoms with Crippen molar-refractivity contribution < 1.29 is 18.3 Å². The number of alkyl halides is 2. The first-order valence-corrected chi connectivity index (χ1v) is 11.1. The Morgan fingerprint density at radius 1 is 1.18 bits per heavy atom. The highest BCUT2D eigenvalue weighted by Gasteiger charge is 2.29. The molecule has 1 unspecified atom stereocenters. The Labute approximate surface area is 189 Å². The average Bonchev–Trinajstić information content (AvgIpc) is 3.46. The van der Waals surface area contributed by atoms with E-state index in [1.807, 2.05) is 31.2 Å². The number of aromatic nitrogens is 3. The normalized spacial score (nSPS) is 19.8. The highest BCUT2D eigenvalue weighted by atomic mass is 19.3. The molecule has 2 atom stereocenters. The van der Waals surface area contributed by atoms with Crippen molar-refractivity contribution in [1.29, 1.82) is 0 Å². The number of anilines is 1. The Hall–Kier alpha value is -3.27. The van der Waals surface area contributed by atoms with Gasteiger partial charge in [0.15, 0.2) is 0 Å². The fraction of sp³-hybridized carbons (Fsp3) is 0.435. The minimum absolute atomic E-state index is 0.0375. The molecule has 0 saturated carbocycles. The number of carbonyl (C=O) groups excluding carboxylic acids is 1. The number of carbonyl (C=O) groups is 1. The summed E-state index contributed by atoms with van der Waals surface area (Å²) in [5.74, 6) is 0.00193. The molecule has 8 nitrogen and oxygen atoms in total. The predicted molar refractivity (Wildman–Crippen MR) is 121 cm³/mol. The predicted octanol–water partition coefficient (Wildman–Crippen LogP) is 2.81. The summed E-state index contributed by atoms with van der Waals surface area (Å²) in [7, 11) is 0. The molecule has 4 heterocycles. The van der Waals surface area contributed by atoms with Crippen molar-refractivity contribution in [1.82, 2.24) is 25.2 Å². The first-order valence-electron chi connectivity index (χ1n) is 11.1. The van der Waals surface area contributed by atoms with Crippen LogP contribution in [-0.4, -0.2) is 59.3 Å². The third kappa shape index (κ3) is 4.35. The second kappa shape index (κ2) is 8.93. The molecular formula is C23H26F2N6O2. The molecule has 0 spiro atoms. The van der Waals surface area contributed by atoms with E-state index >= 15 is 0 Å². The van der Waals surface area contributed by atoms with Gasteiger partial charge in [-0.2, -0.15) is 8.78 Å². The summed E-state index contributed by atoms with van der Waals surface area (Å²) in [5, 5.41) is 6.13. The van der Waals surface area contributed by atoms with Crippen molar-refractivity contribution in [2.24, 2.45) is 5.92 Å². The van der Waals surface area contributed by atoms with E-state index in [1.54, 1.807) is 6.07 Å². The SMILES string of the molecule is C[C@@H](Oc1nc(-c2ccc(N3CCNCC3)cc2)cc2ncn(C(F)F)c12)C1CNC(=O)C1. The van der Waals surface area contributed by atoms with Gasteiger partial charge in [0.1, 0.15) is 17.9 Å². The number of amides is 1. The molecule has 2 aromatic heterocycles. The van der Waals surface area contributed by atoms with Gasteiger partial charge in [-0.15, -0.1) is 0 Å². The van der Waals surface area contributed by atoms with E-state index in [-0.39, 0.29) is 29.3 Å². The average molecular weight is 456 g/mol. The zero-order chi connectivity index (χ0) is 22.9. The van der Waals surface area contributed by atoms with Crippen LogP contribution >= 0.6 is 0 Å². The number of fused-ring (bicyclic) bond motifs is 1. The number of nitrogens with one attached hydrogen (secondary N) is 2. The molecule has 2 N–H and O–H groups in total. The number of hydrogen-bond donors (Lipinski definition) is 2. The van der Waals surface area contributed by atoms with Crippen LogP contribution in [0.1, 0.15) is 19.9 Å². The van der Waals surface area contributed by atoms with Gasteiger partial charge in [0, 0.05) is 56.3 Å². The molecule has 1 amide bonds. The molecule has 0 bridgehead atoms. The van der Waals surface area contributed by atoms with E-state index in [0.29, 0.717) is 24.2 Å². The number of nitrogens with zero attached hydrogens (tertiary/aromatic N) is 4. The largest absolute Gasteiger partial charge is 0.473 e. The molecule has 3 aromatic rings. The van der Waals surface area contributed by atoms with E-state index in [9.17, 15) is 13.6 Å². The van der Waals surface area contributed by atoms with Gasteiger partial charge in [0.2, 0.25) is 11.8 Å². The number of benzene rings is 1. The van der Waals surface area contributed by atoms with Crippen LogP contribution < -0.4 is 20.3 Å². The maximum absolute atomic E-state index is 13.6. The maximum atomic E-state index is 13.6. The number of rotatable bonds is 6. The molecular weight excluding hydrogens is 430 g/mol. The van der Waals surface area contributed by atoms with Crippen LogP contribution in [0.15, 0.2) is 36.7 Å². The van der Waals surface area contributed by atoms with Gasteiger partial charge in [-0.1, -0.05) is 12.1 Å². The number of halogens is 2. The van der Waals surface area contributed by atoms with Crippen LogP contribution in [0.3, 0.4) is 0 Å². The van der Waals surface area contributed by atoms with E-state index in [0.717, 1.165) is 48.3 Å². The van der Waals surface area contributed by atoms with Crippen molar-refractivity contribution in [2.45, 2.75) is 26.0 Å². The molecule has 1 aromatic carbocycles. The van der Waals surface area contributed by atoms with Crippen molar-refractivity contribution >= 4 is 22.6 Å².